The normalized spacial score (nSPS) is 11.0. The van der Waals surface area contributed by atoms with Crippen molar-refractivity contribution in [3.63, 3.8) is 0 Å². The molecule has 0 aliphatic heterocycles. The Labute approximate surface area is 134 Å². The number of nitrogens with zero attached hydrogens (tertiary/aromatic N) is 1. The summed E-state index contributed by atoms with van der Waals surface area (Å²) < 4.78 is 9.71. The van der Waals surface area contributed by atoms with E-state index >= 15 is 0 Å². The summed E-state index contributed by atoms with van der Waals surface area (Å²) in [5.74, 6) is -0.399. The number of pyridine rings is 1. The van der Waals surface area contributed by atoms with Gasteiger partial charge in [-0.2, -0.15) is 0 Å². The number of aromatic nitrogens is 1. The fourth-order valence-electron chi connectivity index (χ4n) is 1.49. The van der Waals surface area contributed by atoms with Gasteiger partial charge in [-0.3, -0.25) is 10.1 Å². The molecule has 0 bridgehead atoms. The maximum atomic E-state index is 11.8. The lowest BCUT2D eigenvalue weighted by molar-refractivity contribution is -0.139. The van der Waals surface area contributed by atoms with Gasteiger partial charge >= 0.3 is 12.1 Å². The van der Waals surface area contributed by atoms with Crippen molar-refractivity contribution in [1.29, 1.82) is 0 Å². The number of hydrogen-bond acceptors (Lipinski definition) is 6. The molecule has 0 aliphatic carbocycles. The Bertz CT molecular complexity index is 543. The van der Waals surface area contributed by atoms with Crippen LogP contribution in [0.1, 0.15) is 26.5 Å². The Morgan fingerprint density at radius 3 is 2.59 bits per heavy atom. The molecule has 0 fully saturated rings. The number of amides is 1. The highest BCUT2D eigenvalue weighted by atomic mass is 35.5. The molecular formula is C14H20ClN3O4. The van der Waals surface area contributed by atoms with Crippen molar-refractivity contribution >= 4 is 29.4 Å². The van der Waals surface area contributed by atoms with Crippen molar-refractivity contribution in [3.8, 4) is 0 Å². The molecule has 1 rings (SSSR count). The molecule has 0 unspecified atom stereocenters. The SMILES string of the molecule is COC(=O)CNCc1nc(Cl)ccc1NC(=O)OC(C)(C)C. The van der Waals surface area contributed by atoms with E-state index in [1.807, 2.05) is 0 Å². The summed E-state index contributed by atoms with van der Waals surface area (Å²) in [6, 6.07) is 3.17. The Kier molecular flexibility index (Phi) is 6.58. The molecule has 0 aromatic carbocycles. The first-order valence-corrected chi connectivity index (χ1v) is 7.02. The highest BCUT2D eigenvalue weighted by Gasteiger charge is 2.17. The summed E-state index contributed by atoms with van der Waals surface area (Å²) in [7, 11) is 1.30. The predicted octanol–water partition coefficient (Wildman–Crippen LogP) is 2.34. The molecule has 0 atom stereocenters. The number of carbonyl (C=O) groups is 2. The molecule has 1 heterocycles. The predicted molar refractivity (Wildman–Crippen MR) is 82.8 cm³/mol. The van der Waals surface area contributed by atoms with Gasteiger partial charge in [0.25, 0.3) is 0 Å². The van der Waals surface area contributed by atoms with Gasteiger partial charge in [-0.25, -0.2) is 9.78 Å². The van der Waals surface area contributed by atoms with Crippen LogP contribution >= 0.6 is 11.6 Å². The van der Waals surface area contributed by atoms with Gasteiger partial charge in [0.15, 0.2) is 0 Å². The van der Waals surface area contributed by atoms with Gasteiger partial charge in [0.05, 0.1) is 25.0 Å². The molecule has 0 saturated carbocycles. The summed E-state index contributed by atoms with van der Waals surface area (Å²) in [4.78, 5) is 27.0. The van der Waals surface area contributed by atoms with Crippen LogP contribution in [0.2, 0.25) is 5.15 Å². The number of rotatable bonds is 5. The molecule has 1 aromatic rings. The molecule has 2 N–H and O–H groups in total. The number of methoxy groups -OCH3 is 1. The van der Waals surface area contributed by atoms with Crippen molar-refractivity contribution in [2.45, 2.75) is 32.9 Å². The first-order valence-electron chi connectivity index (χ1n) is 6.64. The molecule has 22 heavy (non-hydrogen) atoms. The van der Waals surface area contributed by atoms with Crippen molar-refractivity contribution in [3.05, 3.63) is 23.0 Å². The van der Waals surface area contributed by atoms with Crippen LogP contribution in [0.25, 0.3) is 0 Å². The van der Waals surface area contributed by atoms with E-state index in [1.165, 1.54) is 7.11 Å². The zero-order valence-corrected chi connectivity index (χ0v) is 13.8. The van der Waals surface area contributed by atoms with Gasteiger partial charge in [-0.15, -0.1) is 0 Å². The van der Waals surface area contributed by atoms with E-state index in [9.17, 15) is 9.59 Å². The zero-order valence-electron chi connectivity index (χ0n) is 13.0. The molecule has 0 spiro atoms. The van der Waals surface area contributed by atoms with Gasteiger partial charge in [0, 0.05) is 6.54 Å². The maximum Gasteiger partial charge on any atom is 0.412 e. The second-order valence-corrected chi connectivity index (χ2v) is 5.82. The summed E-state index contributed by atoms with van der Waals surface area (Å²) in [5.41, 5.74) is 0.339. The Balaban J connectivity index is 2.73. The quantitative estimate of drug-likeness (QED) is 0.636. The molecule has 0 aliphatic rings. The van der Waals surface area contributed by atoms with Crippen LogP contribution in [0.3, 0.4) is 0 Å². The van der Waals surface area contributed by atoms with Crippen LogP contribution < -0.4 is 10.6 Å². The standard InChI is InChI=1S/C14H20ClN3O4/c1-14(2,3)22-13(20)18-9-5-6-11(15)17-10(9)7-16-8-12(19)21-4/h5-6,16H,7-8H2,1-4H3,(H,18,20). The van der Waals surface area contributed by atoms with Crippen LogP contribution in [0.15, 0.2) is 12.1 Å². The highest BCUT2D eigenvalue weighted by Crippen LogP contribution is 2.18. The molecule has 1 amide bonds. The van der Waals surface area contributed by atoms with E-state index in [0.717, 1.165) is 0 Å². The zero-order chi connectivity index (χ0) is 16.8. The maximum absolute atomic E-state index is 11.8. The molecule has 0 saturated heterocycles. The average Bonchev–Trinajstić information content (AvgIpc) is 2.39. The number of ether oxygens (including phenoxy) is 2. The smallest absolute Gasteiger partial charge is 0.412 e. The Morgan fingerprint density at radius 2 is 2.00 bits per heavy atom. The molecule has 0 radical (unpaired) electrons. The number of carbonyl (C=O) groups excluding carboxylic acids is 2. The van der Waals surface area contributed by atoms with Crippen LogP contribution in [0.4, 0.5) is 10.5 Å². The first-order chi connectivity index (χ1) is 10.2. The van der Waals surface area contributed by atoms with Gasteiger partial charge in [0.1, 0.15) is 10.8 Å². The topological polar surface area (TPSA) is 89.5 Å². The minimum Gasteiger partial charge on any atom is -0.468 e. The summed E-state index contributed by atoms with van der Waals surface area (Å²) in [6.07, 6.45) is -0.592. The number of anilines is 1. The van der Waals surface area contributed by atoms with E-state index < -0.39 is 17.7 Å². The van der Waals surface area contributed by atoms with E-state index in [-0.39, 0.29) is 18.2 Å². The molecule has 8 heteroatoms. The number of nitrogens with one attached hydrogen (secondary N) is 2. The summed E-state index contributed by atoms with van der Waals surface area (Å²) in [6.45, 7) is 5.57. The molecule has 7 nitrogen and oxygen atoms in total. The second kappa shape index (κ2) is 7.95. The second-order valence-electron chi connectivity index (χ2n) is 5.43. The Hall–Kier alpha value is -1.86. The molecule has 1 aromatic heterocycles. The van der Waals surface area contributed by atoms with Crippen molar-refractivity contribution in [1.82, 2.24) is 10.3 Å². The van der Waals surface area contributed by atoms with Crippen LogP contribution in [-0.2, 0) is 20.8 Å². The number of esters is 1. The lowest BCUT2D eigenvalue weighted by atomic mass is 10.2. The highest BCUT2D eigenvalue weighted by molar-refractivity contribution is 6.29. The van der Waals surface area contributed by atoms with Gasteiger partial charge < -0.3 is 14.8 Å². The van der Waals surface area contributed by atoms with Crippen LogP contribution in [0.5, 0.6) is 0 Å². The lowest BCUT2D eigenvalue weighted by Gasteiger charge is -2.20. The lowest BCUT2D eigenvalue weighted by Crippen LogP contribution is -2.28. The average molecular weight is 330 g/mol. The van der Waals surface area contributed by atoms with E-state index in [1.54, 1.807) is 32.9 Å². The van der Waals surface area contributed by atoms with Gasteiger partial charge in [-0.1, -0.05) is 11.6 Å². The first kappa shape index (κ1) is 18.2. The molecule has 122 valence electrons. The third-order valence-electron chi connectivity index (χ3n) is 2.37. The summed E-state index contributed by atoms with van der Waals surface area (Å²) >= 11 is 5.85. The third-order valence-corrected chi connectivity index (χ3v) is 2.58. The van der Waals surface area contributed by atoms with Gasteiger partial charge in [-0.05, 0) is 32.9 Å². The summed E-state index contributed by atoms with van der Waals surface area (Å²) in [5, 5.41) is 5.74. The van der Waals surface area contributed by atoms with Gasteiger partial charge in [0.2, 0.25) is 0 Å². The fourth-order valence-corrected chi connectivity index (χ4v) is 1.66. The largest absolute Gasteiger partial charge is 0.468 e. The van der Waals surface area contributed by atoms with Crippen LogP contribution in [0, 0.1) is 0 Å². The van der Waals surface area contributed by atoms with Crippen molar-refractivity contribution < 1.29 is 19.1 Å². The Morgan fingerprint density at radius 1 is 1.32 bits per heavy atom. The molecular weight excluding hydrogens is 310 g/mol. The van der Waals surface area contributed by atoms with Crippen molar-refractivity contribution in [2.75, 3.05) is 19.0 Å². The van der Waals surface area contributed by atoms with E-state index in [2.05, 4.69) is 20.4 Å². The van der Waals surface area contributed by atoms with E-state index in [0.29, 0.717) is 11.4 Å². The number of hydrogen-bond donors (Lipinski definition) is 2. The van der Waals surface area contributed by atoms with Crippen molar-refractivity contribution in [2.24, 2.45) is 0 Å². The minimum atomic E-state index is -0.604. The number of halogens is 1. The monoisotopic (exact) mass is 329 g/mol. The minimum absolute atomic E-state index is 0.0244. The van der Waals surface area contributed by atoms with Crippen LogP contribution in [-0.4, -0.2) is 36.3 Å². The van der Waals surface area contributed by atoms with E-state index in [4.69, 9.17) is 16.3 Å². The fraction of sp³-hybridized carbons (Fsp3) is 0.500. The third kappa shape index (κ3) is 6.73.